The molecular formula is C23H23N5O. The Morgan fingerprint density at radius 1 is 0.897 bits per heavy atom. The minimum absolute atomic E-state index is 0.202. The number of anilines is 4. The van der Waals surface area contributed by atoms with Crippen molar-refractivity contribution in [2.75, 3.05) is 34.8 Å². The molecule has 0 unspecified atom stereocenters. The average Bonchev–Trinajstić information content (AvgIpc) is 3.45. The summed E-state index contributed by atoms with van der Waals surface area (Å²) in [6, 6.07) is 16.3. The first-order valence-corrected chi connectivity index (χ1v) is 10.1. The van der Waals surface area contributed by atoms with Crippen LogP contribution in [-0.4, -0.2) is 35.5 Å². The van der Waals surface area contributed by atoms with Crippen LogP contribution in [0.2, 0.25) is 0 Å². The van der Waals surface area contributed by atoms with Crippen molar-refractivity contribution in [2.24, 2.45) is 0 Å². The molecule has 1 N–H and O–H groups in total. The SMILES string of the molecule is O=C(Nc1ccc(N2CCCC2)cc1)c1cnc(N2CCc3ccccc32)nc1. The molecule has 1 saturated heterocycles. The van der Waals surface area contributed by atoms with E-state index in [4.69, 9.17) is 0 Å². The summed E-state index contributed by atoms with van der Waals surface area (Å²) >= 11 is 0. The van der Waals surface area contributed by atoms with Gasteiger partial charge in [0.2, 0.25) is 5.95 Å². The van der Waals surface area contributed by atoms with Gasteiger partial charge in [0.25, 0.3) is 5.91 Å². The molecule has 0 aliphatic carbocycles. The summed E-state index contributed by atoms with van der Waals surface area (Å²) in [5.74, 6) is 0.425. The molecule has 0 saturated carbocycles. The van der Waals surface area contributed by atoms with Crippen LogP contribution in [0.25, 0.3) is 0 Å². The highest BCUT2D eigenvalue weighted by Crippen LogP contribution is 2.32. The largest absolute Gasteiger partial charge is 0.372 e. The van der Waals surface area contributed by atoms with Crippen molar-refractivity contribution in [3.05, 3.63) is 72.1 Å². The van der Waals surface area contributed by atoms with Gasteiger partial charge in [-0.15, -0.1) is 0 Å². The fourth-order valence-corrected chi connectivity index (χ4v) is 4.06. The van der Waals surface area contributed by atoms with E-state index in [0.29, 0.717) is 11.5 Å². The van der Waals surface area contributed by atoms with Crippen LogP contribution in [0.4, 0.5) is 23.0 Å². The van der Waals surface area contributed by atoms with Gasteiger partial charge in [0, 0.05) is 49.1 Å². The van der Waals surface area contributed by atoms with Gasteiger partial charge < -0.3 is 15.1 Å². The Morgan fingerprint density at radius 3 is 2.38 bits per heavy atom. The molecule has 1 amide bonds. The van der Waals surface area contributed by atoms with Crippen LogP contribution in [-0.2, 0) is 6.42 Å². The minimum Gasteiger partial charge on any atom is -0.372 e. The van der Waals surface area contributed by atoms with Crippen molar-refractivity contribution >= 4 is 28.9 Å². The predicted molar refractivity (Wildman–Crippen MR) is 115 cm³/mol. The molecular weight excluding hydrogens is 362 g/mol. The Kier molecular flexibility index (Phi) is 4.60. The Balaban J connectivity index is 1.26. The summed E-state index contributed by atoms with van der Waals surface area (Å²) in [6.45, 7) is 3.07. The highest BCUT2D eigenvalue weighted by Gasteiger charge is 2.22. The van der Waals surface area contributed by atoms with Crippen LogP contribution in [0.3, 0.4) is 0 Å². The van der Waals surface area contributed by atoms with Crippen molar-refractivity contribution in [2.45, 2.75) is 19.3 Å². The van der Waals surface area contributed by atoms with Gasteiger partial charge in [0.1, 0.15) is 0 Å². The number of carbonyl (C=O) groups is 1. The molecule has 146 valence electrons. The minimum atomic E-state index is -0.202. The van der Waals surface area contributed by atoms with Crippen LogP contribution in [0, 0.1) is 0 Å². The summed E-state index contributed by atoms with van der Waals surface area (Å²) in [6.07, 6.45) is 6.67. The van der Waals surface area contributed by atoms with Crippen molar-refractivity contribution < 1.29 is 4.79 Å². The lowest BCUT2D eigenvalue weighted by atomic mass is 10.2. The lowest BCUT2D eigenvalue weighted by Gasteiger charge is -2.18. The number of amides is 1. The van der Waals surface area contributed by atoms with Gasteiger partial charge in [0.05, 0.1) is 5.56 Å². The van der Waals surface area contributed by atoms with E-state index in [-0.39, 0.29) is 5.91 Å². The lowest BCUT2D eigenvalue weighted by molar-refractivity contribution is 0.102. The van der Waals surface area contributed by atoms with Crippen molar-refractivity contribution in [3.8, 4) is 0 Å². The Bertz CT molecular complexity index is 1010. The zero-order chi connectivity index (χ0) is 19.6. The monoisotopic (exact) mass is 385 g/mol. The van der Waals surface area contributed by atoms with E-state index in [0.717, 1.165) is 37.4 Å². The molecule has 1 fully saturated rings. The summed E-state index contributed by atoms with van der Waals surface area (Å²) in [4.78, 5) is 25.9. The van der Waals surface area contributed by atoms with Crippen LogP contribution in [0.1, 0.15) is 28.8 Å². The van der Waals surface area contributed by atoms with Gasteiger partial charge in [-0.05, 0) is 55.2 Å². The van der Waals surface area contributed by atoms with Crippen LogP contribution in [0.5, 0.6) is 0 Å². The molecule has 0 radical (unpaired) electrons. The number of para-hydroxylation sites is 1. The first-order chi connectivity index (χ1) is 14.3. The number of carbonyl (C=O) groups excluding carboxylic acids is 1. The number of aromatic nitrogens is 2. The predicted octanol–water partition coefficient (Wildman–Crippen LogP) is 4.02. The Hall–Kier alpha value is -3.41. The molecule has 2 aliphatic rings. The molecule has 0 bridgehead atoms. The third-order valence-electron chi connectivity index (χ3n) is 5.63. The number of nitrogens with one attached hydrogen (secondary N) is 1. The fraction of sp³-hybridized carbons (Fsp3) is 0.261. The zero-order valence-corrected chi connectivity index (χ0v) is 16.2. The highest BCUT2D eigenvalue weighted by molar-refractivity contribution is 6.04. The summed E-state index contributed by atoms with van der Waals surface area (Å²) in [5, 5.41) is 2.93. The van der Waals surface area contributed by atoms with Crippen molar-refractivity contribution in [1.29, 1.82) is 0 Å². The summed E-state index contributed by atoms with van der Waals surface area (Å²) in [5.41, 5.74) is 4.87. The first kappa shape index (κ1) is 17.7. The average molecular weight is 385 g/mol. The van der Waals surface area contributed by atoms with Gasteiger partial charge in [0.15, 0.2) is 0 Å². The molecule has 6 nitrogen and oxygen atoms in total. The molecule has 0 spiro atoms. The summed E-state index contributed by atoms with van der Waals surface area (Å²) < 4.78 is 0. The standard InChI is InChI=1S/C23H23N5O/c29-22(26-19-7-9-20(10-8-19)27-12-3-4-13-27)18-15-24-23(25-16-18)28-14-11-17-5-1-2-6-21(17)28/h1-2,5-10,15-16H,3-4,11-14H2,(H,26,29). The topological polar surface area (TPSA) is 61.4 Å². The van der Waals surface area contributed by atoms with Crippen LogP contribution in [0.15, 0.2) is 60.9 Å². The van der Waals surface area contributed by atoms with E-state index in [9.17, 15) is 4.79 Å². The van der Waals surface area contributed by atoms with Crippen LogP contribution >= 0.6 is 0 Å². The second-order valence-electron chi connectivity index (χ2n) is 7.50. The van der Waals surface area contributed by atoms with Crippen molar-refractivity contribution in [3.63, 3.8) is 0 Å². The number of rotatable bonds is 4. The number of hydrogen-bond donors (Lipinski definition) is 1. The molecule has 29 heavy (non-hydrogen) atoms. The molecule has 0 atom stereocenters. The van der Waals surface area contributed by atoms with Gasteiger partial charge in [-0.3, -0.25) is 4.79 Å². The van der Waals surface area contributed by atoms with E-state index in [1.165, 1.54) is 24.1 Å². The molecule has 5 rings (SSSR count). The van der Waals surface area contributed by atoms with E-state index < -0.39 is 0 Å². The second kappa shape index (κ2) is 7.54. The molecule has 3 aromatic rings. The van der Waals surface area contributed by atoms with Gasteiger partial charge >= 0.3 is 0 Å². The van der Waals surface area contributed by atoms with Crippen molar-refractivity contribution in [1.82, 2.24) is 9.97 Å². The molecule has 6 heteroatoms. The molecule has 1 aromatic heterocycles. The Labute approximate surface area is 170 Å². The number of fused-ring (bicyclic) bond motifs is 1. The highest BCUT2D eigenvalue weighted by atomic mass is 16.1. The molecule has 2 aromatic carbocycles. The third-order valence-corrected chi connectivity index (χ3v) is 5.63. The smallest absolute Gasteiger partial charge is 0.258 e. The van der Waals surface area contributed by atoms with Gasteiger partial charge in [-0.1, -0.05) is 18.2 Å². The van der Waals surface area contributed by atoms with E-state index in [1.54, 1.807) is 12.4 Å². The van der Waals surface area contributed by atoms with Gasteiger partial charge in [-0.2, -0.15) is 0 Å². The van der Waals surface area contributed by atoms with Crippen LogP contribution < -0.4 is 15.1 Å². The van der Waals surface area contributed by atoms with E-state index in [1.807, 2.05) is 24.3 Å². The molecule has 3 heterocycles. The number of benzene rings is 2. The zero-order valence-electron chi connectivity index (χ0n) is 16.2. The normalized spacial score (nSPS) is 15.4. The maximum Gasteiger partial charge on any atom is 0.258 e. The Morgan fingerprint density at radius 2 is 1.62 bits per heavy atom. The fourth-order valence-electron chi connectivity index (χ4n) is 4.06. The lowest BCUT2D eigenvalue weighted by Crippen LogP contribution is -2.18. The quantitative estimate of drug-likeness (QED) is 0.735. The third kappa shape index (κ3) is 3.53. The molecule has 2 aliphatic heterocycles. The van der Waals surface area contributed by atoms with E-state index >= 15 is 0 Å². The maximum absolute atomic E-state index is 12.6. The number of hydrogen-bond acceptors (Lipinski definition) is 5. The second-order valence-corrected chi connectivity index (χ2v) is 7.50. The first-order valence-electron chi connectivity index (χ1n) is 10.1. The maximum atomic E-state index is 12.6. The van der Waals surface area contributed by atoms with Gasteiger partial charge in [-0.25, -0.2) is 9.97 Å². The van der Waals surface area contributed by atoms with E-state index in [2.05, 4.69) is 49.4 Å². The summed E-state index contributed by atoms with van der Waals surface area (Å²) in [7, 11) is 0. The number of nitrogens with zero attached hydrogens (tertiary/aromatic N) is 4.